The summed E-state index contributed by atoms with van der Waals surface area (Å²) in [6.45, 7) is 12.1. The minimum Gasteiger partial charge on any atom is -0.438 e. The number of nitrogen functional groups attached to an aromatic ring is 1. The summed E-state index contributed by atoms with van der Waals surface area (Å²) in [6, 6.07) is 0. The molecule has 0 bridgehead atoms. The van der Waals surface area contributed by atoms with Crippen LogP contribution in [0.1, 0.15) is 61.3 Å². The third-order valence-electron chi connectivity index (χ3n) is 5.21. The summed E-state index contributed by atoms with van der Waals surface area (Å²) < 4.78 is 35.9. The molecule has 2 aromatic rings. The van der Waals surface area contributed by atoms with E-state index in [1.165, 1.54) is 0 Å². The third kappa shape index (κ3) is 10.2. The van der Waals surface area contributed by atoms with Crippen molar-refractivity contribution in [2.75, 3.05) is 37.3 Å². The molecule has 0 aliphatic carbocycles. The molecule has 3 N–H and O–H groups in total. The monoisotopic (exact) mass is 568 g/mol. The Morgan fingerprint density at radius 3 is 2.15 bits per heavy atom. The van der Waals surface area contributed by atoms with E-state index in [-0.39, 0.29) is 12.1 Å². The Kier molecular flexibility index (Phi) is 11.4. The van der Waals surface area contributed by atoms with Gasteiger partial charge in [0, 0.05) is 13.1 Å². The fourth-order valence-electron chi connectivity index (χ4n) is 2.89. The molecule has 0 atom stereocenters. The average Bonchev–Trinajstić information content (AvgIpc) is 3.23. The third-order valence-corrected chi connectivity index (χ3v) is 6.86. The molecular weight excluding hydrogens is 527 g/mol. The highest BCUT2D eigenvalue weighted by Gasteiger charge is 2.29. The van der Waals surface area contributed by atoms with Gasteiger partial charge in [-0.3, -0.25) is 23.2 Å². The van der Waals surface area contributed by atoms with Crippen molar-refractivity contribution in [1.82, 2.24) is 19.5 Å². The van der Waals surface area contributed by atoms with E-state index in [9.17, 15) is 14.2 Å². The lowest BCUT2D eigenvalue weighted by atomic mass is 9.98. The molecule has 2 aromatic heterocycles. The van der Waals surface area contributed by atoms with Gasteiger partial charge in [-0.1, -0.05) is 25.5 Å². The first-order valence-electron chi connectivity index (χ1n) is 12.8. The minimum absolute atomic E-state index is 0.119. The quantitative estimate of drug-likeness (QED) is 0.108. The van der Waals surface area contributed by atoms with Gasteiger partial charge in [0.2, 0.25) is 19.5 Å². The van der Waals surface area contributed by atoms with E-state index in [0.717, 1.165) is 19.4 Å². The van der Waals surface area contributed by atoms with Crippen LogP contribution in [-0.2, 0) is 39.2 Å². The van der Waals surface area contributed by atoms with Gasteiger partial charge in [0.05, 0.1) is 23.3 Å². The second kappa shape index (κ2) is 13.9. The number of rotatable bonds is 14. The summed E-state index contributed by atoms with van der Waals surface area (Å²) in [5.41, 5.74) is 5.51. The zero-order valence-corrected chi connectivity index (χ0v) is 24.7. The van der Waals surface area contributed by atoms with Gasteiger partial charge in [-0.05, 0) is 48.0 Å². The number of carbonyl (C=O) groups excluding carboxylic acids is 2. The number of anilines is 2. The lowest BCUT2D eigenvalue weighted by Gasteiger charge is -2.21. The number of allylic oxidation sites excluding steroid dienone is 2. The van der Waals surface area contributed by atoms with Gasteiger partial charge >= 0.3 is 19.5 Å². The fraction of sp³-hybridized carbons (Fsp3) is 0.640. The number of hydrogen-bond acceptors (Lipinski definition) is 12. The van der Waals surface area contributed by atoms with Gasteiger partial charge in [0.15, 0.2) is 17.0 Å². The maximum atomic E-state index is 13.3. The Morgan fingerprint density at radius 2 is 1.62 bits per heavy atom. The van der Waals surface area contributed by atoms with E-state index in [1.54, 1.807) is 64.6 Å². The molecule has 0 spiro atoms. The van der Waals surface area contributed by atoms with Crippen molar-refractivity contribution >= 4 is 42.5 Å². The molecular formula is C25H41N6O7P. The van der Waals surface area contributed by atoms with Crippen molar-refractivity contribution in [2.45, 2.75) is 67.9 Å². The molecule has 13 nitrogen and oxygen atoms in total. The summed E-state index contributed by atoms with van der Waals surface area (Å²) in [5.74, 6) is -0.371. The summed E-state index contributed by atoms with van der Waals surface area (Å²) in [5, 5.41) is 3.24. The lowest BCUT2D eigenvalue weighted by Crippen LogP contribution is -2.25. The second-order valence-electron chi connectivity index (χ2n) is 10.9. The van der Waals surface area contributed by atoms with Crippen molar-refractivity contribution in [2.24, 2.45) is 10.8 Å². The van der Waals surface area contributed by atoms with E-state index in [1.807, 2.05) is 0 Å². The van der Waals surface area contributed by atoms with Gasteiger partial charge in [0.25, 0.3) is 0 Å². The summed E-state index contributed by atoms with van der Waals surface area (Å²) in [4.78, 5) is 37.0. The molecule has 0 radical (unpaired) electrons. The molecule has 0 fully saturated rings. The molecule has 0 aromatic carbocycles. The summed E-state index contributed by atoms with van der Waals surface area (Å²) in [6.07, 6.45) is 6.77. The average molecular weight is 569 g/mol. The number of ether oxygens (including phenoxy) is 2. The number of aromatic nitrogens is 4. The zero-order valence-electron chi connectivity index (χ0n) is 23.9. The van der Waals surface area contributed by atoms with E-state index in [4.69, 9.17) is 24.3 Å². The maximum absolute atomic E-state index is 13.3. The van der Waals surface area contributed by atoms with Crippen molar-refractivity contribution in [1.29, 1.82) is 0 Å². The molecule has 2 heterocycles. The van der Waals surface area contributed by atoms with Crippen LogP contribution in [0.15, 0.2) is 18.5 Å². The first-order chi connectivity index (χ1) is 18.2. The lowest BCUT2D eigenvalue weighted by molar-refractivity contribution is -0.161. The van der Waals surface area contributed by atoms with Crippen LogP contribution < -0.4 is 11.1 Å². The highest BCUT2D eigenvalue weighted by molar-refractivity contribution is 7.54. The van der Waals surface area contributed by atoms with Crippen LogP contribution in [0.3, 0.4) is 0 Å². The summed E-state index contributed by atoms with van der Waals surface area (Å²) in [7, 11) is -3.84. The van der Waals surface area contributed by atoms with Gasteiger partial charge in [-0.15, -0.1) is 0 Å². The number of unbranched alkanes of at least 4 members (excludes halogenated alkanes) is 1. The first-order valence-corrected chi connectivity index (χ1v) is 14.5. The van der Waals surface area contributed by atoms with Gasteiger partial charge in [0.1, 0.15) is 0 Å². The fourth-order valence-corrected chi connectivity index (χ4v) is 4.01. The van der Waals surface area contributed by atoms with E-state index in [2.05, 4.69) is 27.2 Å². The predicted octanol–water partition coefficient (Wildman–Crippen LogP) is 4.50. The highest BCUT2D eigenvalue weighted by Crippen LogP contribution is 2.48. The predicted molar refractivity (Wildman–Crippen MR) is 148 cm³/mol. The van der Waals surface area contributed by atoms with Crippen molar-refractivity contribution in [3.05, 3.63) is 18.5 Å². The number of esters is 2. The number of nitrogens with zero attached hydrogens (tertiary/aromatic N) is 4. The van der Waals surface area contributed by atoms with Crippen LogP contribution in [0, 0.1) is 10.8 Å². The molecule has 2 rings (SSSR count). The van der Waals surface area contributed by atoms with E-state index in [0.29, 0.717) is 23.5 Å². The molecule has 0 saturated heterocycles. The van der Waals surface area contributed by atoms with Crippen molar-refractivity contribution < 1.29 is 32.7 Å². The van der Waals surface area contributed by atoms with E-state index < -0.39 is 44.0 Å². The maximum Gasteiger partial charge on any atom is 0.340 e. The Labute approximate surface area is 229 Å². The standard InChI is InChI=1S/C25H41N6O7P/c1-8-9-12-27-19-18-20(30-23(26)29-19)31(15-28-18)13-10-11-14-39(34,37-16-35-21(32)24(2,3)4)38-17-36-22(33)25(5,6)7/h10-11,15H,8-9,12-14,16-17H2,1-7H3,(H3,26,27,29,30)/b11-10+. The Hall–Kier alpha value is -3.02. The molecule has 0 saturated carbocycles. The number of fused-ring (bicyclic) bond motifs is 1. The minimum atomic E-state index is -3.84. The summed E-state index contributed by atoms with van der Waals surface area (Å²) >= 11 is 0. The van der Waals surface area contributed by atoms with Crippen LogP contribution in [0.2, 0.25) is 0 Å². The molecule has 218 valence electrons. The Bertz CT molecular complexity index is 1160. The Morgan fingerprint density at radius 1 is 1.03 bits per heavy atom. The molecule has 14 heteroatoms. The molecule has 0 unspecified atom stereocenters. The molecule has 0 aliphatic rings. The van der Waals surface area contributed by atoms with Gasteiger partial charge in [-0.25, -0.2) is 4.98 Å². The number of nitrogens with one attached hydrogen (secondary N) is 1. The van der Waals surface area contributed by atoms with Crippen LogP contribution >= 0.6 is 7.60 Å². The number of nitrogens with two attached hydrogens (primary N) is 1. The number of imidazole rings is 1. The normalized spacial score (nSPS) is 12.7. The zero-order chi connectivity index (χ0) is 29.3. The van der Waals surface area contributed by atoms with E-state index >= 15 is 0 Å². The Balaban J connectivity index is 2.08. The van der Waals surface area contributed by atoms with Gasteiger partial charge in [-0.2, -0.15) is 9.97 Å². The van der Waals surface area contributed by atoms with Crippen LogP contribution in [0.25, 0.3) is 11.2 Å². The smallest absolute Gasteiger partial charge is 0.340 e. The number of hydrogen-bond donors (Lipinski definition) is 2. The molecule has 0 amide bonds. The first kappa shape index (κ1) is 32.2. The van der Waals surface area contributed by atoms with Crippen molar-refractivity contribution in [3.8, 4) is 0 Å². The molecule has 0 aliphatic heterocycles. The van der Waals surface area contributed by atoms with Crippen molar-refractivity contribution in [3.63, 3.8) is 0 Å². The largest absolute Gasteiger partial charge is 0.438 e. The topological polar surface area (TPSA) is 170 Å². The number of carbonyl (C=O) groups is 2. The van der Waals surface area contributed by atoms with Crippen LogP contribution in [0.4, 0.5) is 11.8 Å². The highest BCUT2D eigenvalue weighted by atomic mass is 31.2. The van der Waals surface area contributed by atoms with Crippen LogP contribution in [-0.4, -0.2) is 57.8 Å². The SMILES string of the molecule is CCCCNc1nc(N)nc2c1ncn2C/C=C/CP(=O)(OCOC(=O)C(C)(C)C)OCOC(=O)C(C)(C)C. The van der Waals surface area contributed by atoms with Gasteiger partial charge < -0.3 is 25.1 Å². The second-order valence-corrected chi connectivity index (χ2v) is 13.0. The molecule has 39 heavy (non-hydrogen) atoms. The van der Waals surface area contributed by atoms with Crippen LogP contribution in [0.5, 0.6) is 0 Å².